The number of hydrogen-bond donors (Lipinski definition) is 0. The van der Waals surface area contributed by atoms with E-state index in [1.54, 1.807) is 4.52 Å². The zero-order chi connectivity index (χ0) is 18.8. The Balaban J connectivity index is 1.61. The van der Waals surface area contributed by atoms with Gasteiger partial charge in [-0.05, 0) is 23.8 Å². The number of benzene rings is 2. The monoisotopic (exact) mass is 380 g/mol. The van der Waals surface area contributed by atoms with Crippen molar-refractivity contribution in [1.29, 1.82) is 0 Å². The standard InChI is InChI=1S/C19H16N4O3S/c1-12-16(10-17(24)26-11-20-25-2)27-19-21-18(22-23(12)19)15-8-7-13-5-3-4-6-14(13)9-15/h3-9,11H,10H2,1-2H3/b20-11+. The molecule has 4 aromatic rings. The van der Waals surface area contributed by atoms with Crippen molar-refractivity contribution in [2.75, 3.05) is 7.11 Å². The molecule has 0 N–H and O–H groups in total. The minimum atomic E-state index is -0.418. The van der Waals surface area contributed by atoms with E-state index in [1.165, 1.54) is 23.8 Å². The van der Waals surface area contributed by atoms with Crippen molar-refractivity contribution >= 4 is 39.4 Å². The fraction of sp³-hybridized carbons (Fsp3) is 0.158. The smallest absolute Gasteiger partial charge is 0.317 e. The summed E-state index contributed by atoms with van der Waals surface area (Å²) in [6, 6.07) is 14.3. The van der Waals surface area contributed by atoms with Crippen LogP contribution in [-0.4, -0.2) is 34.1 Å². The third kappa shape index (κ3) is 3.39. The average Bonchev–Trinajstić information content (AvgIpc) is 3.21. The van der Waals surface area contributed by atoms with Crippen LogP contribution in [0, 0.1) is 6.92 Å². The van der Waals surface area contributed by atoms with Crippen LogP contribution in [0.5, 0.6) is 0 Å². The van der Waals surface area contributed by atoms with Gasteiger partial charge in [-0.1, -0.05) is 52.9 Å². The van der Waals surface area contributed by atoms with Gasteiger partial charge in [-0.25, -0.2) is 4.52 Å². The first-order valence-corrected chi connectivity index (χ1v) is 9.06. The van der Waals surface area contributed by atoms with Gasteiger partial charge in [0.05, 0.1) is 12.1 Å². The van der Waals surface area contributed by atoms with Gasteiger partial charge in [0.25, 0.3) is 0 Å². The number of esters is 1. The SMILES string of the molecule is CO/N=C/OC(=O)Cc1sc2nc(-c3ccc4ccccc4c3)nn2c1C. The van der Waals surface area contributed by atoms with E-state index >= 15 is 0 Å². The zero-order valence-corrected chi connectivity index (χ0v) is 15.6. The maximum atomic E-state index is 11.8. The number of nitrogens with zero attached hydrogens (tertiary/aromatic N) is 4. The van der Waals surface area contributed by atoms with Crippen molar-refractivity contribution in [3.8, 4) is 11.4 Å². The van der Waals surface area contributed by atoms with Crippen LogP contribution in [0.3, 0.4) is 0 Å². The molecular weight excluding hydrogens is 364 g/mol. The van der Waals surface area contributed by atoms with E-state index in [4.69, 9.17) is 4.74 Å². The highest BCUT2D eigenvalue weighted by Gasteiger charge is 2.17. The fourth-order valence-electron chi connectivity index (χ4n) is 2.80. The number of aryl methyl sites for hydroxylation is 1. The summed E-state index contributed by atoms with van der Waals surface area (Å²) in [5.41, 5.74) is 1.83. The molecule has 4 rings (SSSR count). The molecule has 2 aromatic carbocycles. The van der Waals surface area contributed by atoms with Crippen molar-refractivity contribution in [1.82, 2.24) is 14.6 Å². The maximum absolute atomic E-state index is 11.8. The second kappa shape index (κ2) is 7.16. The number of oxime groups is 1. The quantitative estimate of drug-likeness (QED) is 0.229. The number of ether oxygens (including phenoxy) is 1. The van der Waals surface area contributed by atoms with Gasteiger partial charge in [-0.2, -0.15) is 4.98 Å². The van der Waals surface area contributed by atoms with Crippen LogP contribution in [-0.2, 0) is 20.8 Å². The Bertz CT molecular complexity index is 1160. The van der Waals surface area contributed by atoms with Crippen LogP contribution in [0.1, 0.15) is 10.6 Å². The summed E-state index contributed by atoms with van der Waals surface area (Å²) in [5.74, 6) is 0.245. The summed E-state index contributed by atoms with van der Waals surface area (Å²) in [5, 5.41) is 10.3. The number of carbonyl (C=O) groups is 1. The summed E-state index contributed by atoms with van der Waals surface area (Å²) in [6.07, 6.45) is 1.11. The molecular formula is C19H16N4O3S. The number of hydrogen-bond acceptors (Lipinski definition) is 7. The molecule has 0 saturated carbocycles. The van der Waals surface area contributed by atoms with Crippen LogP contribution >= 0.6 is 11.3 Å². The highest BCUT2D eigenvalue weighted by molar-refractivity contribution is 7.17. The first kappa shape index (κ1) is 17.2. The molecule has 0 aliphatic heterocycles. The van der Waals surface area contributed by atoms with E-state index in [2.05, 4.69) is 44.3 Å². The number of rotatable bonds is 5. The topological polar surface area (TPSA) is 78.1 Å². The minimum Gasteiger partial charge on any atom is -0.411 e. The van der Waals surface area contributed by atoms with Crippen LogP contribution in [0.4, 0.5) is 0 Å². The lowest BCUT2D eigenvalue weighted by atomic mass is 10.1. The van der Waals surface area contributed by atoms with E-state index in [-0.39, 0.29) is 6.42 Å². The molecule has 2 aromatic heterocycles. The zero-order valence-electron chi connectivity index (χ0n) is 14.7. The van der Waals surface area contributed by atoms with Gasteiger partial charge in [0.2, 0.25) is 11.4 Å². The molecule has 0 amide bonds. The predicted octanol–water partition coefficient (Wildman–Crippen LogP) is 3.59. The lowest BCUT2D eigenvalue weighted by Gasteiger charge is -2.00. The molecule has 136 valence electrons. The highest BCUT2D eigenvalue weighted by atomic mass is 32.1. The van der Waals surface area contributed by atoms with E-state index in [1.807, 2.05) is 25.1 Å². The van der Waals surface area contributed by atoms with Gasteiger partial charge in [0.1, 0.15) is 7.11 Å². The molecule has 2 heterocycles. The van der Waals surface area contributed by atoms with Crippen LogP contribution in [0.25, 0.3) is 27.1 Å². The highest BCUT2D eigenvalue weighted by Crippen LogP contribution is 2.27. The molecule has 7 nitrogen and oxygen atoms in total. The van der Waals surface area contributed by atoms with Gasteiger partial charge in [0.15, 0.2) is 5.82 Å². The number of fused-ring (bicyclic) bond motifs is 2. The molecule has 8 heteroatoms. The molecule has 0 radical (unpaired) electrons. The van der Waals surface area contributed by atoms with Gasteiger partial charge >= 0.3 is 5.97 Å². The summed E-state index contributed by atoms with van der Waals surface area (Å²) < 4.78 is 6.61. The predicted molar refractivity (Wildman–Crippen MR) is 104 cm³/mol. The van der Waals surface area contributed by atoms with Crippen molar-refractivity contribution in [3.63, 3.8) is 0 Å². The molecule has 0 spiro atoms. The van der Waals surface area contributed by atoms with Gasteiger partial charge < -0.3 is 9.57 Å². The van der Waals surface area contributed by atoms with Crippen LogP contribution in [0.15, 0.2) is 47.6 Å². The lowest BCUT2D eigenvalue weighted by molar-refractivity contribution is -0.134. The normalized spacial score (nSPS) is 11.5. The molecule has 0 aliphatic carbocycles. The minimum absolute atomic E-state index is 0.128. The Morgan fingerprint density at radius 1 is 1.26 bits per heavy atom. The second-order valence-electron chi connectivity index (χ2n) is 5.86. The Kier molecular flexibility index (Phi) is 4.55. The Labute approximate surface area is 158 Å². The number of thiazole rings is 1. The Morgan fingerprint density at radius 3 is 2.85 bits per heavy atom. The second-order valence-corrected chi connectivity index (χ2v) is 6.92. The van der Waals surface area contributed by atoms with Crippen molar-refractivity contribution in [3.05, 3.63) is 53.0 Å². The number of aromatic nitrogens is 3. The fourth-order valence-corrected chi connectivity index (χ4v) is 3.84. The van der Waals surface area contributed by atoms with Crippen molar-refractivity contribution in [2.45, 2.75) is 13.3 Å². The molecule has 0 saturated heterocycles. The van der Waals surface area contributed by atoms with Gasteiger partial charge in [-0.15, -0.1) is 5.10 Å². The average molecular weight is 380 g/mol. The van der Waals surface area contributed by atoms with Crippen LogP contribution < -0.4 is 0 Å². The summed E-state index contributed by atoms with van der Waals surface area (Å²) in [7, 11) is 1.38. The van der Waals surface area contributed by atoms with Gasteiger partial charge in [-0.3, -0.25) is 4.79 Å². The summed E-state index contributed by atoms with van der Waals surface area (Å²) in [4.78, 5) is 22.5. The van der Waals surface area contributed by atoms with E-state index < -0.39 is 5.97 Å². The Hall–Kier alpha value is -3.26. The molecule has 0 atom stereocenters. The van der Waals surface area contributed by atoms with E-state index in [9.17, 15) is 4.79 Å². The molecule has 0 unspecified atom stereocenters. The van der Waals surface area contributed by atoms with E-state index in [0.717, 1.165) is 32.9 Å². The molecule has 0 bridgehead atoms. The largest absolute Gasteiger partial charge is 0.411 e. The van der Waals surface area contributed by atoms with E-state index in [0.29, 0.717) is 5.82 Å². The molecule has 0 aliphatic rings. The third-order valence-electron chi connectivity index (χ3n) is 4.16. The van der Waals surface area contributed by atoms with Crippen molar-refractivity contribution < 1.29 is 14.4 Å². The maximum Gasteiger partial charge on any atom is 0.317 e. The first-order valence-electron chi connectivity index (χ1n) is 8.24. The summed E-state index contributed by atoms with van der Waals surface area (Å²) >= 11 is 1.42. The lowest BCUT2D eigenvalue weighted by Crippen LogP contribution is -2.07. The number of carbonyl (C=O) groups excluding carboxylic acids is 1. The third-order valence-corrected chi connectivity index (χ3v) is 5.29. The molecule has 0 fully saturated rings. The Morgan fingerprint density at radius 2 is 2.07 bits per heavy atom. The molecule has 27 heavy (non-hydrogen) atoms. The van der Waals surface area contributed by atoms with Crippen LogP contribution in [0.2, 0.25) is 0 Å². The first-order chi connectivity index (χ1) is 13.2. The van der Waals surface area contributed by atoms with Gasteiger partial charge in [0, 0.05) is 10.4 Å². The summed E-state index contributed by atoms with van der Waals surface area (Å²) in [6.45, 7) is 1.91. The van der Waals surface area contributed by atoms with Crippen molar-refractivity contribution in [2.24, 2.45) is 5.16 Å².